The molecule has 25 heavy (non-hydrogen) atoms. The lowest BCUT2D eigenvalue weighted by Crippen LogP contribution is -2.36. The number of halogens is 3. The average molecular weight is 357 g/mol. The Balaban J connectivity index is 2.05. The molecule has 7 nitrogen and oxygen atoms in total. The lowest BCUT2D eigenvalue weighted by molar-refractivity contribution is -0.173. The minimum Gasteiger partial charge on any atom is -0.462 e. The predicted octanol–water partition coefficient (Wildman–Crippen LogP) is 2.76. The second kappa shape index (κ2) is 6.08. The molecule has 3 rings (SSSR count). The van der Waals surface area contributed by atoms with Crippen LogP contribution in [0.3, 0.4) is 0 Å². The highest BCUT2D eigenvalue weighted by atomic mass is 19.4. The maximum atomic E-state index is 13.5. The van der Waals surface area contributed by atoms with Gasteiger partial charge in [-0.3, -0.25) is 4.68 Å². The van der Waals surface area contributed by atoms with Gasteiger partial charge >= 0.3 is 12.1 Å². The molecule has 0 fully saturated rings. The predicted molar refractivity (Wildman–Crippen MR) is 82.2 cm³/mol. The van der Waals surface area contributed by atoms with Gasteiger partial charge in [0.2, 0.25) is 0 Å². The molecule has 0 amide bonds. The van der Waals surface area contributed by atoms with E-state index in [2.05, 4.69) is 15.5 Å². The van der Waals surface area contributed by atoms with Crippen LogP contribution in [0.15, 0.2) is 12.4 Å². The van der Waals surface area contributed by atoms with Gasteiger partial charge in [0.15, 0.2) is 6.04 Å². The number of anilines is 1. The summed E-state index contributed by atoms with van der Waals surface area (Å²) in [6.07, 6.45) is -2.09. The fourth-order valence-electron chi connectivity index (χ4n) is 2.98. The lowest BCUT2D eigenvalue weighted by atomic mass is 9.97. The van der Waals surface area contributed by atoms with E-state index >= 15 is 0 Å². The number of hydrogen-bond acceptors (Lipinski definition) is 5. The number of aryl methyl sites for hydroxylation is 1. The van der Waals surface area contributed by atoms with Gasteiger partial charge in [-0.2, -0.15) is 23.4 Å². The third-order valence-corrected chi connectivity index (χ3v) is 4.38. The van der Waals surface area contributed by atoms with Crippen molar-refractivity contribution in [3.63, 3.8) is 0 Å². The Morgan fingerprint density at radius 1 is 1.40 bits per heavy atom. The molecular formula is C15H18F3N5O2. The van der Waals surface area contributed by atoms with E-state index in [0.717, 1.165) is 16.6 Å². The van der Waals surface area contributed by atoms with E-state index in [4.69, 9.17) is 4.74 Å². The zero-order valence-corrected chi connectivity index (χ0v) is 14.0. The first kappa shape index (κ1) is 17.3. The van der Waals surface area contributed by atoms with Gasteiger partial charge in [-0.25, -0.2) is 9.48 Å². The van der Waals surface area contributed by atoms with Gasteiger partial charge in [-0.1, -0.05) is 0 Å². The molecule has 0 saturated heterocycles. The van der Waals surface area contributed by atoms with E-state index in [9.17, 15) is 18.0 Å². The Hall–Kier alpha value is -2.52. The van der Waals surface area contributed by atoms with E-state index in [1.54, 1.807) is 25.6 Å². The average Bonchev–Trinajstić information content (AvgIpc) is 3.10. The highest BCUT2D eigenvalue weighted by Gasteiger charge is 2.47. The molecule has 3 heterocycles. The van der Waals surface area contributed by atoms with E-state index in [0.29, 0.717) is 5.56 Å². The van der Waals surface area contributed by atoms with Crippen LogP contribution < -0.4 is 5.32 Å². The van der Waals surface area contributed by atoms with E-state index < -0.39 is 24.2 Å². The monoisotopic (exact) mass is 357 g/mol. The van der Waals surface area contributed by atoms with Crippen LogP contribution in [0.2, 0.25) is 0 Å². The maximum absolute atomic E-state index is 13.5. The first-order valence-corrected chi connectivity index (χ1v) is 7.80. The summed E-state index contributed by atoms with van der Waals surface area (Å²) in [7, 11) is 1.72. The van der Waals surface area contributed by atoms with Gasteiger partial charge in [-0.05, 0) is 13.8 Å². The molecule has 1 aliphatic heterocycles. The molecule has 0 aromatic carbocycles. The molecule has 0 saturated carbocycles. The molecule has 2 aromatic rings. The minimum atomic E-state index is -4.50. The summed E-state index contributed by atoms with van der Waals surface area (Å²) in [4.78, 5) is 12.0. The number of nitrogens with one attached hydrogen (secondary N) is 1. The Morgan fingerprint density at radius 3 is 2.68 bits per heavy atom. The normalized spacial score (nSPS) is 20.1. The van der Waals surface area contributed by atoms with Gasteiger partial charge in [0.05, 0.1) is 25.0 Å². The molecule has 0 unspecified atom stereocenters. The standard InChI is InChI=1S/C15H18F3N5O2/c1-4-25-14(24)10-7-20-23-12(15(16,17)18)5-11(21-13(10)23)9-6-19-22(3)8(9)2/h6-7,11-12,21H,4-5H2,1-3H3/t11-,12+/m1/s1. The lowest BCUT2D eigenvalue weighted by Gasteiger charge is -2.33. The summed E-state index contributed by atoms with van der Waals surface area (Å²) in [6.45, 7) is 3.53. The molecule has 0 spiro atoms. The van der Waals surface area contributed by atoms with Crippen LogP contribution in [0.25, 0.3) is 0 Å². The van der Waals surface area contributed by atoms with Crippen LogP contribution in [-0.4, -0.2) is 38.3 Å². The van der Waals surface area contributed by atoms with Crippen molar-refractivity contribution in [2.75, 3.05) is 11.9 Å². The molecule has 136 valence electrons. The number of esters is 1. The molecule has 10 heteroatoms. The van der Waals surface area contributed by atoms with Gasteiger partial charge in [0, 0.05) is 24.7 Å². The number of rotatable bonds is 3. The summed E-state index contributed by atoms with van der Waals surface area (Å²) in [5, 5.41) is 10.9. The first-order chi connectivity index (χ1) is 11.7. The van der Waals surface area contributed by atoms with Crippen LogP contribution in [0.4, 0.5) is 19.0 Å². The highest BCUT2D eigenvalue weighted by molar-refractivity contribution is 5.94. The third-order valence-electron chi connectivity index (χ3n) is 4.38. The van der Waals surface area contributed by atoms with Crippen LogP contribution >= 0.6 is 0 Å². The Bertz CT molecular complexity index is 796. The number of alkyl halides is 3. The second-order valence-electron chi connectivity index (χ2n) is 5.87. The topological polar surface area (TPSA) is 74.0 Å². The summed E-state index contributed by atoms with van der Waals surface area (Å²) < 4.78 is 48.0. The number of fused-ring (bicyclic) bond motifs is 1. The minimum absolute atomic E-state index is 0.0117. The van der Waals surface area contributed by atoms with Crippen molar-refractivity contribution in [3.8, 4) is 0 Å². The molecule has 1 N–H and O–H groups in total. The molecule has 0 bridgehead atoms. The molecule has 2 aromatic heterocycles. The van der Waals surface area contributed by atoms with Crippen molar-refractivity contribution in [1.29, 1.82) is 0 Å². The van der Waals surface area contributed by atoms with E-state index in [-0.39, 0.29) is 24.4 Å². The highest BCUT2D eigenvalue weighted by Crippen LogP contribution is 2.44. The van der Waals surface area contributed by atoms with Crippen LogP contribution in [0.5, 0.6) is 0 Å². The SMILES string of the molecule is CCOC(=O)c1cnn2c1N[C@@H](c1cnn(C)c1C)C[C@H]2C(F)(F)F. The Morgan fingerprint density at radius 2 is 2.12 bits per heavy atom. The van der Waals surface area contributed by atoms with Crippen LogP contribution in [-0.2, 0) is 11.8 Å². The first-order valence-electron chi connectivity index (χ1n) is 7.80. The molecule has 1 aliphatic rings. The van der Waals surface area contributed by atoms with Crippen LogP contribution in [0.1, 0.15) is 47.0 Å². The number of aromatic nitrogens is 4. The number of carbonyl (C=O) groups excluding carboxylic acids is 1. The second-order valence-corrected chi connectivity index (χ2v) is 5.87. The Kier molecular flexibility index (Phi) is 4.21. The Labute approximate surface area is 141 Å². The van der Waals surface area contributed by atoms with Gasteiger partial charge in [0.25, 0.3) is 0 Å². The smallest absolute Gasteiger partial charge is 0.410 e. The van der Waals surface area contributed by atoms with Gasteiger partial charge < -0.3 is 10.1 Å². The zero-order valence-electron chi connectivity index (χ0n) is 14.0. The third kappa shape index (κ3) is 2.96. The fraction of sp³-hybridized carbons (Fsp3) is 0.533. The summed E-state index contributed by atoms with van der Waals surface area (Å²) in [5.74, 6) is -0.694. The number of ether oxygens (including phenoxy) is 1. The molecule has 2 atom stereocenters. The molecular weight excluding hydrogens is 339 g/mol. The number of nitrogens with zero attached hydrogens (tertiary/aromatic N) is 4. The van der Waals surface area contributed by atoms with Crippen molar-refractivity contribution in [2.24, 2.45) is 7.05 Å². The van der Waals surface area contributed by atoms with Crippen molar-refractivity contribution < 1.29 is 22.7 Å². The summed E-state index contributed by atoms with van der Waals surface area (Å²) >= 11 is 0. The molecule has 0 radical (unpaired) electrons. The van der Waals surface area contributed by atoms with Crippen LogP contribution in [0, 0.1) is 6.92 Å². The van der Waals surface area contributed by atoms with Crippen molar-refractivity contribution in [1.82, 2.24) is 19.6 Å². The van der Waals surface area contributed by atoms with E-state index in [1.807, 2.05) is 0 Å². The zero-order chi connectivity index (χ0) is 18.4. The fourth-order valence-corrected chi connectivity index (χ4v) is 2.98. The number of hydrogen-bond donors (Lipinski definition) is 1. The quantitative estimate of drug-likeness (QED) is 0.855. The maximum Gasteiger partial charge on any atom is 0.410 e. The summed E-state index contributed by atoms with van der Waals surface area (Å²) in [5.41, 5.74) is 1.39. The number of carbonyl (C=O) groups is 1. The van der Waals surface area contributed by atoms with Crippen molar-refractivity contribution in [3.05, 3.63) is 29.2 Å². The van der Waals surface area contributed by atoms with Crippen molar-refractivity contribution >= 4 is 11.8 Å². The van der Waals surface area contributed by atoms with Gasteiger partial charge in [-0.15, -0.1) is 0 Å². The summed E-state index contributed by atoms with van der Waals surface area (Å²) in [6, 6.07) is -2.48. The largest absolute Gasteiger partial charge is 0.462 e. The van der Waals surface area contributed by atoms with Crippen molar-refractivity contribution in [2.45, 2.75) is 38.5 Å². The molecule has 0 aliphatic carbocycles. The van der Waals surface area contributed by atoms with Gasteiger partial charge in [0.1, 0.15) is 11.4 Å². The van der Waals surface area contributed by atoms with E-state index in [1.165, 1.54) is 6.20 Å².